The van der Waals surface area contributed by atoms with Crippen molar-refractivity contribution >= 4 is 29.2 Å². The first-order chi connectivity index (χ1) is 8.63. The van der Waals surface area contributed by atoms with Gasteiger partial charge in [-0.15, -0.1) is 11.8 Å². The van der Waals surface area contributed by atoms with E-state index in [-0.39, 0.29) is 11.3 Å². The lowest BCUT2D eigenvalue weighted by Gasteiger charge is -2.04. The molecule has 0 saturated heterocycles. The first-order valence-electron chi connectivity index (χ1n) is 4.63. The van der Waals surface area contributed by atoms with Crippen LogP contribution in [-0.4, -0.2) is 11.2 Å². The number of benzene rings is 1. The fourth-order valence-corrected chi connectivity index (χ4v) is 2.79. The highest BCUT2D eigenvalue weighted by atomic mass is 32.2. The predicted molar refractivity (Wildman–Crippen MR) is 70.7 cm³/mol. The van der Waals surface area contributed by atoms with Crippen LogP contribution in [0.15, 0.2) is 39.0 Å². The van der Waals surface area contributed by atoms with Gasteiger partial charge in [0.1, 0.15) is 17.7 Å². The SMILES string of the molecule is CSC(Sc1ccccc1[N+](=O)[O-])=C(C#N)C#N. The topological polar surface area (TPSA) is 90.7 Å². The molecule has 0 fully saturated rings. The highest BCUT2D eigenvalue weighted by Gasteiger charge is 2.16. The number of nitriles is 2. The number of hydrogen-bond acceptors (Lipinski definition) is 6. The summed E-state index contributed by atoms with van der Waals surface area (Å²) in [4.78, 5) is 10.8. The number of nitro groups is 1. The van der Waals surface area contributed by atoms with E-state index in [1.165, 1.54) is 17.8 Å². The summed E-state index contributed by atoms with van der Waals surface area (Å²) in [5, 5.41) is 28.4. The van der Waals surface area contributed by atoms with Gasteiger partial charge in [-0.3, -0.25) is 10.1 Å². The zero-order valence-electron chi connectivity index (χ0n) is 9.28. The largest absolute Gasteiger partial charge is 0.283 e. The lowest BCUT2D eigenvalue weighted by molar-refractivity contribution is -0.387. The quantitative estimate of drug-likeness (QED) is 0.363. The molecule has 0 atom stereocenters. The summed E-state index contributed by atoms with van der Waals surface area (Å²) in [7, 11) is 0. The van der Waals surface area contributed by atoms with Gasteiger partial charge >= 0.3 is 0 Å². The van der Waals surface area contributed by atoms with Gasteiger partial charge in [-0.05, 0) is 12.3 Å². The fraction of sp³-hybridized carbons (Fsp3) is 0.0909. The van der Waals surface area contributed by atoms with Crippen LogP contribution in [0.4, 0.5) is 5.69 Å². The lowest BCUT2D eigenvalue weighted by Crippen LogP contribution is -1.90. The van der Waals surface area contributed by atoms with Crippen LogP contribution < -0.4 is 0 Å². The van der Waals surface area contributed by atoms with Gasteiger partial charge in [0.05, 0.1) is 14.1 Å². The van der Waals surface area contributed by atoms with Gasteiger partial charge in [-0.2, -0.15) is 10.5 Å². The summed E-state index contributed by atoms with van der Waals surface area (Å²) in [5.74, 6) is 0. The molecule has 0 bridgehead atoms. The Morgan fingerprint density at radius 1 is 1.33 bits per heavy atom. The van der Waals surface area contributed by atoms with Crippen molar-refractivity contribution in [2.24, 2.45) is 0 Å². The van der Waals surface area contributed by atoms with Crippen LogP contribution in [0, 0.1) is 32.8 Å². The van der Waals surface area contributed by atoms with E-state index in [4.69, 9.17) is 10.5 Å². The van der Waals surface area contributed by atoms with Gasteiger partial charge < -0.3 is 0 Å². The Kier molecular flexibility index (Phi) is 5.25. The monoisotopic (exact) mass is 277 g/mol. The van der Waals surface area contributed by atoms with Crippen molar-refractivity contribution in [1.82, 2.24) is 0 Å². The summed E-state index contributed by atoms with van der Waals surface area (Å²) in [6, 6.07) is 9.78. The second kappa shape index (κ2) is 6.70. The highest BCUT2D eigenvalue weighted by molar-refractivity contribution is 8.22. The third-order valence-corrected chi connectivity index (χ3v) is 4.16. The minimum Gasteiger partial charge on any atom is -0.258 e. The number of allylic oxidation sites excluding steroid dienone is 1. The number of nitrogens with zero attached hydrogens (tertiary/aromatic N) is 3. The third-order valence-electron chi connectivity index (χ3n) is 1.88. The summed E-state index contributed by atoms with van der Waals surface area (Å²) < 4.78 is 0.453. The molecular weight excluding hydrogens is 270 g/mol. The van der Waals surface area contributed by atoms with Crippen LogP contribution in [0.3, 0.4) is 0 Å². The van der Waals surface area contributed by atoms with E-state index >= 15 is 0 Å². The molecule has 0 aliphatic carbocycles. The van der Waals surface area contributed by atoms with Crippen LogP contribution >= 0.6 is 23.5 Å². The molecule has 0 radical (unpaired) electrons. The van der Waals surface area contributed by atoms with E-state index in [9.17, 15) is 10.1 Å². The standard InChI is InChI=1S/C11H7N3O2S2/c1-17-11(8(6-12)7-13)18-10-5-3-2-4-9(10)14(15)16/h2-5H,1H3. The normalized spacial score (nSPS) is 9.06. The van der Waals surface area contributed by atoms with E-state index in [1.54, 1.807) is 36.6 Å². The Morgan fingerprint density at radius 2 is 1.94 bits per heavy atom. The van der Waals surface area contributed by atoms with E-state index < -0.39 is 4.92 Å². The van der Waals surface area contributed by atoms with Crippen LogP contribution in [0.1, 0.15) is 0 Å². The molecule has 0 heterocycles. The van der Waals surface area contributed by atoms with Crippen LogP contribution in [0.25, 0.3) is 0 Å². The zero-order chi connectivity index (χ0) is 13.5. The number of thioether (sulfide) groups is 2. The molecule has 0 saturated carbocycles. The second-order valence-electron chi connectivity index (χ2n) is 2.92. The van der Waals surface area contributed by atoms with Crippen LogP contribution in [-0.2, 0) is 0 Å². The molecule has 0 unspecified atom stereocenters. The molecule has 7 heteroatoms. The molecular formula is C11H7N3O2S2. The van der Waals surface area contributed by atoms with Gasteiger partial charge in [0.2, 0.25) is 0 Å². The van der Waals surface area contributed by atoms with Crippen molar-refractivity contribution in [2.45, 2.75) is 4.90 Å². The summed E-state index contributed by atoms with van der Waals surface area (Å²) in [5.41, 5.74) is -0.0741. The molecule has 1 aromatic carbocycles. The molecule has 1 aromatic rings. The average molecular weight is 277 g/mol. The molecule has 0 amide bonds. The molecule has 1 rings (SSSR count). The van der Waals surface area contributed by atoms with E-state index in [1.807, 2.05) is 0 Å². The molecule has 5 nitrogen and oxygen atoms in total. The predicted octanol–water partition coefficient (Wildman–Crippen LogP) is 3.31. The second-order valence-corrected chi connectivity index (χ2v) is 5.04. The van der Waals surface area contributed by atoms with Crippen molar-refractivity contribution < 1.29 is 4.92 Å². The fourth-order valence-electron chi connectivity index (χ4n) is 1.11. The maximum atomic E-state index is 10.8. The maximum Gasteiger partial charge on any atom is 0.283 e. The number of para-hydroxylation sites is 1. The first-order valence-corrected chi connectivity index (χ1v) is 6.68. The van der Waals surface area contributed by atoms with Crippen molar-refractivity contribution in [1.29, 1.82) is 10.5 Å². The van der Waals surface area contributed by atoms with Gasteiger partial charge in [0.15, 0.2) is 0 Å². The van der Waals surface area contributed by atoms with Crippen LogP contribution in [0.5, 0.6) is 0 Å². The Hall–Kier alpha value is -1.96. The molecule has 0 aliphatic heterocycles. The number of rotatable bonds is 4. The minimum absolute atomic E-state index is 0.0364. The zero-order valence-corrected chi connectivity index (χ0v) is 10.9. The first kappa shape index (κ1) is 14.1. The molecule has 0 aromatic heterocycles. The van der Waals surface area contributed by atoms with Gasteiger partial charge in [0.25, 0.3) is 5.69 Å². The van der Waals surface area contributed by atoms with E-state index in [0.717, 1.165) is 11.8 Å². The number of hydrogen-bond donors (Lipinski definition) is 0. The molecule has 0 spiro atoms. The van der Waals surface area contributed by atoms with E-state index in [2.05, 4.69) is 0 Å². The van der Waals surface area contributed by atoms with Gasteiger partial charge in [0, 0.05) is 6.07 Å². The lowest BCUT2D eigenvalue weighted by atomic mass is 10.3. The highest BCUT2D eigenvalue weighted by Crippen LogP contribution is 2.39. The van der Waals surface area contributed by atoms with Gasteiger partial charge in [-0.25, -0.2) is 0 Å². The van der Waals surface area contributed by atoms with Crippen molar-refractivity contribution in [3.8, 4) is 12.1 Å². The Bertz CT molecular complexity index is 569. The Morgan fingerprint density at radius 3 is 2.44 bits per heavy atom. The average Bonchev–Trinajstić information content (AvgIpc) is 2.39. The summed E-state index contributed by atoms with van der Waals surface area (Å²) >= 11 is 2.27. The van der Waals surface area contributed by atoms with E-state index in [0.29, 0.717) is 9.13 Å². The number of nitro benzene ring substituents is 1. The van der Waals surface area contributed by atoms with Crippen molar-refractivity contribution in [2.75, 3.05) is 6.26 Å². The van der Waals surface area contributed by atoms with Gasteiger partial charge in [-0.1, -0.05) is 23.9 Å². The van der Waals surface area contributed by atoms with Crippen LogP contribution in [0.2, 0.25) is 0 Å². The minimum atomic E-state index is -0.487. The Labute approximate surface area is 112 Å². The summed E-state index contributed by atoms with van der Waals surface area (Å²) in [6.07, 6.45) is 1.71. The molecule has 0 N–H and O–H groups in total. The smallest absolute Gasteiger partial charge is 0.258 e. The summed E-state index contributed by atoms with van der Waals surface area (Å²) in [6.45, 7) is 0. The van der Waals surface area contributed by atoms with Crippen molar-refractivity contribution in [3.05, 3.63) is 44.2 Å². The molecule has 0 aliphatic rings. The molecule has 90 valence electrons. The Balaban J connectivity index is 3.20. The molecule has 18 heavy (non-hydrogen) atoms. The third kappa shape index (κ3) is 3.27. The van der Waals surface area contributed by atoms with Crippen molar-refractivity contribution in [3.63, 3.8) is 0 Å². The maximum absolute atomic E-state index is 10.8.